The van der Waals surface area contributed by atoms with Gasteiger partial charge in [0.25, 0.3) is 0 Å². The van der Waals surface area contributed by atoms with Crippen molar-refractivity contribution in [1.82, 2.24) is 0 Å². The lowest BCUT2D eigenvalue weighted by atomic mass is 10.2. The summed E-state index contributed by atoms with van der Waals surface area (Å²) in [6, 6.07) is 5.65. The van der Waals surface area contributed by atoms with E-state index in [0.29, 0.717) is 5.75 Å². The fraction of sp³-hybridized carbons (Fsp3) is 0.300. The van der Waals surface area contributed by atoms with Gasteiger partial charge < -0.3 is 14.9 Å². The van der Waals surface area contributed by atoms with Gasteiger partial charge in [0.15, 0.2) is 0 Å². The molecular formula is C10H11FO4. The van der Waals surface area contributed by atoms with Crippen molar-refractivity contribution in [3.8, 4) is 5.75 Å². The molecule has 0 bridgehead atoms. The van der Waals surface area contributed by atoms with E-state index < -0.39 is 18.7 Å². The Kier molecular flexibility index (Phi) is 4.05. The van der Waals surface area contributed by atoms with Crippen molar-refractivity contribution in [2.45, 2.75) is 6.10 Å². The number of carboxylic acids is 1. The fourth-order valence-electron chi connectivity index (χ4n) is 0.931. The van der Waals surface area contributed by atoms with Crippen molar-refractivity contribution in [3.63, 3.8) is 0 Å². The molecule has 0 saturated carbocycles. The largest absolute Gasteiger partial charge is 0.491 e. The van der Waals surface area contributed by atoms with E-state index in [2.05, 4.69) is 0 Å². The molecule has 1 unspecified atom stereocenters. The highest BCUT2D eigenvalue weighted by molar-refractivity contribution is 5.87. The summed E-state index contributed by atoms with van der Waals surface area (Å²) in [5.41, 5.74) is 0.147. The third kappa shape index (κ3) is 3.55. The van der Waals surface area contributed by atoms with Gasteiger partial charge in [-0.2, -0.15) is 0 Å². The Morgan fingerprint density at radius 1 is 1.40 bits per heavy atom. The number of ether oxygens (including phenoxy) is 1. The zero-order chi connectivity index (χ0) is 11.3. The average Bonchev–Trinajstić information content (AvgIpc) is 2.26. The van der Waals surface area contributed by atoms with Crippen LogP contribution >= 0.6 is 0 Å². The molecule has 0 saturated heterocycles. The molecular weight excluding hydrogens is 203 g/mol. The topological polar surface area (TPSA) is 66.8 Å². The van der Waals surface area contributed by atoms with Gasteiger partial charge >= 0.3 is 5.97 Å². The molecule has 1 aromatic rings. The standard InChI is InChI=1S/C10H11FO4/c11-5-8(12)6-15-9-3-1-7(2-4-9)10(13)14/h1-4,8,12H,5-6H2,(H,13,14). The van der Waals surface area contributed by atoms with Crippen LogP contribution in [-0.2, 0) is 0 Å². The summed E-state index contributed by atoms with van der Waals surface area (Å²) >= 11 is 0. The Morgan fingerprint density at radius 3 is 2.47 bits per heavy atom. The Bertz CT molecular complexity index is 323. The van der Waals surface area contributed by atoms with Crippen LogP contribution in [0, 0.1) is 0 Å². The molecule has 82 valence electrons. The summed E-state index contributed by atoms with van der Waals surface area (Å²) in [6.45, 7) is -1.02. The maximum absolute atomic E-state index is 11.9. The highest BCUT2D eigenvalue weighted by atomic mass is 19.1. The van der Waals surface area contributed by atoms with E-state index in [1.165, 1.54) is 24.3 Å². The Morgan fingerprint density at radius 2 is 2.00 bits per heavy atom. The van der Waals surface area contributed by atoms with E-state index in [-0.39, 0.29) is 12.2 Å². The molecule has 0 radical (unpaired) electrons. The van der Waals surface area contributed by atoms with Crippen molar-refractivity contribution in [1.29, 1.82) is 0 Å². The second-order valence-electron chi connectivity index (χ2n) is 2.95. The fourth-order valence-corrected chi connectivity index (χ4v) is 0.931. The SMILES string of the molecule is O=C(O)c1ccc(OCC(O)CF)cc1. The molecule has 0 fully saturated rings. The summed E-state index contributed by atoms with van der Waals surface area (Å²) in [5.74, 6) is -0.627. The molecule has 0 amide bonds. The maximum Gasteiger partial charge on any atom is 0.335 e. The third-order valence-electron chi connectivity index (χ3n) is 1.72. The second kappa shape index (κ2) is 5.31. The number of hydrogen-bond donors (Lipinski definition) is 2. The van der Waals surface area contributed by atoms with Crippen molar-refractivity contribution in [3.05, 3.63) is 29.8 Å². The number of carboxylic acid groups (broad SMARTS) is 1. The van der Waals surface area contributed by atoms with Crippen molar-refractivity contribution in [2.75, 3.05) is 13.3 Å². The van der Waals surface area contributed by atoms with Gasteiger partial charge in [-0.3, -0.25) is 0 Å². The predicted octanol–water partition coefficient (Wildman–Crippen LogP) is 1.09. The number of aliphatic hydroxyl groups is 1. The van der Waals surface area contributed by atoms with Crippen molar-refractivity contribution < 1.29 is 24.1 Å². The predicted molar refractivity (Wildman–Crippen MR) is 50.9 cm³/mol. The molecule has 0 aliphatic carbocycles. The van der Waals surface area contributed by atoms with Gasteiger partial charge in [-0.25, -0.2) is 9.18 Å². The number of benzene rings is 1. The lowest BCUT2D eigenvalue weighted by Crippen LogP contribution is -2.19. The zero-order valence-electron chi connectivity index (χ0n) is 7.89. The second-order valence-corrected chi connectivity index (χ2v) is 2.95. The minimum atomic E-state index is -1.15. The van der Waals surface area contributed by atoms with Gasteiger partial charge in [0, 0.05) is 0 Å². The highest BCUT2D eigenvalue weighted by Gasteiger charge is 2.05. The molecule has 1 aromatic carbocycles. The number of hydrogen-bond acceptors (Lipinski definition) is 3. The van der Waals surface area contributed by atoms with Crippen LogP contribution in [0.25, 0.3) is 0 Å². The van der Waals surface area contributed by atoms with E-state index in [1.807, 2.05) is 0 Å². The summed E-state index contributed by atoms with van der Waals surface area (Å²) in [5, 5.41) is 17.5. The number of aromatic carboxylic acids is 1. The van der Waals surface area contributed by atoms with Gasteiger partial charge in [0.05, 0.1) is 5.56 Å². The van der Waals surface area contributed by atoms with Gasteiger partial charge in [0.2, 0.25) is 0 Å². The van der Waals surface area contributed by atoms with Gasteiger partial charge in [0.1, 0.15) is 25.1 Å². The van der Waals surface area contributed by atoms with Crippen LogP contribution in [0.4, 0.5) is 4.39 Å². The average molecular weight is 214 g/mol. The normalized spacial score (nSPS) is 12.1. The molecule has 0 aliphatic rings. The summed E-state index contributed by atoms with van der Waals surface area (Å²) in [4.78, 5) is 10.5. The molecule has 1 atom stereocenters. The Labute approximate surface area is 85.9 Å². The van der Waals surface area contributed by atoms with Crippen LogP contribution in [0.1, 0.15) is 10.4 Å². The van der Waals surface area contributed by atoms with Crippen molar-refractivity contribution in [2.24, 2.45) is 0 Å². The van der Waals surface area contributed by atoms with Crippen LogP contribution < -0.4 is 4.74 Å². The first-order valence-electron chi connectivity index (χ1n) is 4.33. The van der Waals surface area contributed by atoms with Crippen LogP contribution in [0.15, 0.2) is 24.3 Å². The van der Waals surface area contributed by atoms with Crippen molar-refractivity contribution >= 4 is 5.97 Å². The lowest BCUT2D eigenvalue weighted by molar-refractivity contribution is 0.0696. The van der Waals surface area contributed by atoms with E-state index in [0.717, 1.165) is 0 Å². The minimum absolute atomic E-state index is 0.147. The van der Waals surface area contributed by atoms with Crippen LogP contribution in [0.2, 0.25) is 0 Å². The summed E-state index contributed by atoms with van der Waals surface area (Å²) < 4.78 is 16.9. The monoisotopic (exact) mass is 214 g/mol. The van der Waals surface area contributed by atoms with Crippen LogP contribution in [-0.4, -0.2) is 35.6 Å². The molecule has 4 nitrogen and oxygen atoms in total. The zero-order valence-corrected chi connectivity index (χ0v) is 7.89. The highest BCUT2D eigenvalue weighted by Crippen LogP contribution is 2.12. The molecule has 0 heterocycles. The molecule has 0 aliphatic heterocycles. The Hall–Kier alpha value is -1.62. The molecule has 2 N–H and O–H groups in total. The number of alkyl halides is 1. The van der Waals surface area contributed by atoms with E-state index >= 15 is 0 Å². The van der Waals surface area contributed by atoms with E-state index in [1.54, 1.807) is 0 Å². The number of carbonyl (C=O) groups is 1. The smallest absolute Gasteiger partial charge is 0.335 e. The summed E-state index contributed by atoms with van der Waals surface area (Å²) in [7, 11) is 0. The lowest BCUT2D eigenvalue weighted by Gasteiger charge is -2.08. The quantitative estimate of drug-likeness (QED) is 0.770. The van der Waals surface area contributed by atoms with Crippen LogP contribution in [0.5, 0.6) is 5.75 Å². The molecule has 15 heavy (non-hydrogen) atoms. The molecule has 0 spiro atoms. The van der Waals surface area contributed by atoms with Gasteiger partial charge in [-0.1, -0.05) is 0 Å². The molecule has 5 heteroatoms. The molecule has 0 aromatic heterocycles. The minimum Gasteiger partial charge on any atom is -0.491 e. The first-order valence-corrected chi connectivity index (χ1v) is 4.33. The number of aliphatic hydroxyl groups excluding tert-OH is 1. The third-order valence-corrected chi connectivity index (χ3v) is 1.72. The Balaban J connectivity index is 2.53. The van der Waals surface area contributed by atoms with E-state index in [9.17, 15) is 9.18 Å². The summed E-state index contributed by atoms with van der Waals surface area (Å²) in [6.07, 6.45) is -1.15. The first kappa shape index (κ1) is 11.5. The maximum atomic E-state index is 11.9. The van der Waals surface area contributed by atoms with E-state index in [4.69, 9.17) is 14.9 Å². The molecule has 1 rings (SSSR count). The van der Waals surface area contributed by atoms with Gasteiger partial charge in [-0.15, -0.1) is 0 Å². The number of rotatable bonds is 5. The number of halogens is 1. The van der Waals surface area contributed by atoms with Gasteiger partial charge in [-0.05, 0) is 24.3 Å². The van der Waals surface area contributed by atoms with Crippen LogP contribution in [0.3, 0.4) is 0 Å². The first-order chi connectivity index (χ1) is 7.13.